The molecular weight excluding hydrogens is 188 g/mol. The normalized spacial score (nSPS) is 12.0. The van der Waals surface area contributed by atoms with Gasteiger partial charge in [-0.2, -0.15) is 5.26 Å². The summed E-state index contributed by atoms with van der Waals surface area (Å²) in [5, 5.41) is 8.62. The molecule has 1 amide bonds. The molecule has 1 unspecified atom stereocenters. The Morgan fingerprint density at radius 3 is 2.20 bits per heavy atom. The first-order valence-corrected chi connectivity index (χ1v) is 5.91. The number of unbranched alkanes of at least 4 members (excludes halogenated alkanes) is 6. The largest absolute Gasteiger partial charge is 0.369 e. The summed E-state index contributed by atoms with van der Waals surface area (Å²) in [6.07, 6.45) is 9.01. The zero-order chi connectivity index (χ0) is 11.5. The molecule has 0 saturated carbocycles. The topological polar surface area (TPSA) is 66.9 Å². The molecule has 0 aliphatic carbocycles. The molecule has 0 aromatic rings. The van der Waals surface area contributed by atoms with Gasteiger partial charge in [0.2, 0.25) is 5.91 Å². The van der Waals surface area contributed by atoms with E-state index >= 15 is 0 Å². The van der Waals surface area contributed by atoms with Crippen LogP contribution in [0, 0.1) is 17.2 Å². The fraction of sp³-hybridized carbons (Fsp3) is 0.833. The van der Waals surface area contributed by atoms with Crippen molar-refractivity contribution in [3.05, 3.63) is 0 Å². The number of nitrogens with two attached hydrogens (primary N) is 1. The lowest BCUT2D eigenvalue weighted by molar-refractivity contribution is -0.120. The van der Waals surface area contributed by atoms with E-state index in [4.69, 9.17) is 11.0 Å². The van der Waals surface area contributed by atoms with Crippen molar-refractivity contribution in [1.82, 2.24) is 0 Å². The van der Waals surface area contributed by atoms with Gasteiger partial charge in [0, 0.05) is 0 Å². The second-order valence-corrected chi connectivity index (χ2v) is 3.99. The molecule has 0 bridgehead atoms. The maximum Gasteiger partial charge on any atom is 0.234 e. The molecule has 0 fully saturated rings. The number of nitrogens with zero attached hydrogens (tertiary/aromatic N) is 1. The van der Waals surface area contributed by atoms with Crippen molar-refractivity contribution < 1.29 is 4.79 Å². The third-order valence-corrected chi connectivity index (χ3v) is 2.60. The van der Waals surface area contributed by atoms with Gasteiger partial charge in [0.05, 0.1) is 6.07 Å². The van der Waals surface area contributed by atoms with Crippen LogP contribution < -0.4 is 5.73 Å². The predicted molar refractivity (Wildman–Crippen MR) is 60.9 cm³/mol. The van der Waals surface area contributed by atoms with E-state index in [2.05, 4.69) is 6.92 Å². The van der Waals surface area contributed by atoms with Crippen LogP contribution in [0.5, 0.6) is 0 Å². The van der Waals surface area contributed by atoms with Crippen molar-refractivity contribution in [2.45, 2.75) is 58.3 Å². The minimum absolute atomic E-state index is 0.483. The molecule has 0 heterocycles. The lowest BCUT2D eigenvalue weighted by Crippen LogP contribution is -2.21. The van der Waals surface area contributed by atoms with Gasteiger partial charge in [0.15, 0.2) is 0 Å². The predicted octanol–water partition coefficient (Wildman–Crippen LogP) is 2.75. The third-order valence-electron chi connectivity index (χ3n) is 2.60. The van der Waals surface area contributed by atoms with Gasteiger partial charge in [0.25, 0.3) is 0 Å². The number of amides is 1. The van der Waals surface area contributed by atoms with Gasteiger partial charge in [0.1, 0.15) is 5.92 Å². The molecular formula is C12H22N2O. The first-order chi connectivity index (χ1) is 7.22. The van der Waals surface area contributed by atoms with Crippen LogP contribution >= 0.6 is 0 Å². The average Bonchev–Trinajstić information content (AvgIpc) is 2.21. The highest BCUT2D eigenvalue weighted by molar-refractivity contribution is 5.79. The molecule has 0 radical (unpaired) electrons. The number of nitriles is 1. The highest BCUT2D eigenvalue weighted by Gasteiger charge is 2.12. The Balaban J connectivity index is 3.30. The Labute approximate surface area is 92.6 Å². The van der Waals surface area contributed by atoms with E-state index in [-0.39, 0.29) is 0 Å². The molecule has 0 aliphatic heterocycles. The highest BCUT2D eigenvalue weighted by atomic mass is 16.1. The summed E-state index contributed by atoms with van der Waals surface area (Å²) in [4.78, 5) is 10.7. The molecule has 3 heteroatoms. The molecule has 0 aliphatic rings. The lowest BCUT2D eigenvalue weighted by atomic mass is 10.0. The van der Waals surface area contributed by atoms with Gasteiger partial charge in [-0.05, 0) is 6.42 Å². The second kappa shape index (κ2) is 9.51. The van der Waals surface area contributed by atoms with Crippen LogP contribution in [0.15, 0.2) is 0 Å². The summed E-state index contributed by atoms with van der Waals surface area (Å²) in [6.45, 7) is 2.20. The molecule has 0 saturated heterocycles. The van der Waals surface area contributed by atoms with E-state index < -0.39 is 11.8 Å². The van der Waals surface area contributed by atoms with E-state index in [1.807, 2.05) is 6.07 Å². The molecule has 0 spiro atoms. The number of carbonyl (C=O) groups excluding carboxylic acids is 1. The van der Waals surface area contributed by atoms with E-state index in [0.717, 1.165) is 12.8 Å². The molecule has 0 aromatic carbocycles. The fourth-order valence-corrected chi connectivity index (χ4v) is 1.58. The van der Waals surface area contributed by atoms with Gasteiger partial charge < -0.3 is 5.73 Å². The minimum atomic E-state index is -0.583. The summed E-state index contributed by atoms with van der Waals surface area (Å²) < 4.78 is 0. The second-order valence-electron chi connectivity index (χ2n) is 3.99. The highest BCUT2D eigenvalue weighted by Crippen LogP contribution is 2.12. The molecule has 1 atom stereocenters. The third kappa shape index (κ3) is 7.99. The van der Waals surface area contributed by atoms with Crippen molar-refractivity contribution in [1.29, 1.82) is 5.26 Å². The van der Waals surface area contributed by atoms with Crippen LogP contribution in [0.2, 0.25) is 0 Å². The van der Waals surface area contributed by atoms with Gasteiger partial charge in [-0.15, -0.1) is 0 Å². The van der Waals surface area contributed by atoms with Crippen molar-refractivity contribution in [2.75, 3.05) is 0 Å². The van der Waals surface area contributed by atoms with Crippen molar-refractivity contribution in [3.63, 3.8) is 0 Å². The monoisotopic (exact) mass is 210 g/mol. The van der Waals surface area contributed by atoms with Gasteiger partial charge >= 0.3 is 0 Å². The van der Waals surface area contributed by atoms with Crippen LogP contribution in [0.4, 0.5) is 0 Å². The zero-order valence-electron chi connectivity index (χ0n) is 9.67. The fourth-order valence-electron chi connectivity index (χ4n) is 1.58. The Kier molecular flexibility index (Phi) is 8.85. The molecule has 86 valence electrons. The molecule has 0 aromatic heterocycles. The number of hydrogen-bond donors (Lipinski definition) is 1. The van der Waals surface area contributed by atoms with Crippen LogP contribution in [-0.2, 0) is 4.79 Å². The molecule has 2 N–H and O–H groups in total. The summed E-state index contributed by atoms with van der Waals surface area (Å²) in [6, 6.07) is 1.94. The average molecular weight is 210 g/mol. The lowest BCUT2D eigenvalue weighted by Gasteiger charge is -2.04. The SMILES string of the molecule is CCCCCCCCCC(C#N)C(N)=O. The van der Waals surface area contributed by atoms with E-state index in [1.165, 1.54) is 32.1 Å². The number of primary amides is 1. The number of rotatable bonds is 9. The van der Waals surface area contributed by atoms with Crippen LogP contribution in [0.25, 0.3) is 0 Å². The van der Waals surface area contributed by atoms with E-state index in [9.17, 15) is 4.79 Å². The summed E-state index contributed by atoms with van der Waals surface area (Å²) >= 11 is 0. The van der Waals surface area contributed by atoms with Crippen LogP contribution in [0.1, 0.15) is 58.3 Å². The summed E-state index contributed by atoms with van der Waals surface area (Å²) in [7, 11) is 0. The minimum Gasteiger partial charge on any atom is -0.369 e. The Morgan fingerprint density at radius 2 is 1.73 bits per heavy atom. The van der Waals surface area contributed by atoms with Crippen LogP contribution in [0.3, 0.4) is 0 Å². The van der Waals surface area contributed by atoms with Crippen molar-refractivity contribution in [2.24, 2.45) is 11.7 Å². The Hall–Kier alpha value is -1.04. The maximum atomic E-state index is 10.7. The van der Waals surface area contributed by atoms with Crippen LogP contribution in [-0.4, -0.2) is 5.91 Å². The molecule has 15 heavy (non-hydrogen) atoms. The smallest absolute Gasteiger partial charge is 0.234 e. The first-order valence-electron chi connectivity index (χ1n) is 5.91. The van der Waals surface area contributed by atoms with Gasteiger partial charge in [-0.3, -0.25) is 4.79 Å². The summed E-state index contributed by atoms with van der Waals surface area (Å²) in [5.41, 5.74) is 5.07. The number of hydrogen-bond acceptors (Lipinski definition) is 2. The summed E-state index contributed by atoms with van der Waals surface area (Å²) in [5.74, 6) is -1.07. The number of carbonyl (C=O) groups is 1. The van der Waals surface area contributed by atoms with E-state index in [1.54, 1.807) is 0 Å². The molecule has 0 rings (SSSR count). The first kappa shape index (κ1) is 14.0. The zero-order valence-corrected chi connectivity index (χ0v) is 9.67. The maximum absolute atomic E-state index is 10.7. The molecule has 3 nitrogen and oxygen atoms in total. The van der Waals surface area contributed by atoms with E-state index in [0.29, 0.717) is 6.42 Å². The van der Waals surface area contributed by atoms with Gasteiger partial charge in [-0.25, -0.2) is 0 Å². The van der Waals surface area contributed by atoms with Crippen molar-refractivity contribution in [3.8, 4) is 6.07 Å². The quantitative estimate of drug-likeness (QED) is 0.594. The Morgan fingerprint density at radius 1 is 1.20 bits per heavy atom. The standard InChI is InChI=1S/C12H22N2O/c1-2-3-4-5-6-7-8-9-11(10-13)12(14)15/h11H,2-9H2,1H3,(H2,14,15). The van der Waals surface area contributed by atoms with Crippen molar-refractivity contribution >= 4 is 5.91 Å². The van der Waals surface area contributed by atoms with Gasteiger partial charge in [-0.1, -0.05) is 51.9 Å². The Bertz CT molecular complexity index is 208.